The number of thiazole rings is 1. The summed E-state index contributed by atoms with van der Waals surface area (Å²) in [5.74, 6) is 0. The van der Waals surface area contributed by atoms with Gasteiger partial charge in [0.05, 0.1) is 11.8 Å². The average Bonchev–Trinajstić information content (AvgIpc) is 2.89. The lowest BCUT2D eigenvalue weighted by atomic mass is 10.1. The molecule has 0 radical (unpaired) electrons. The minimum absolute atomic E-state index is 0.509. The molecule has 1 aromatic carbocycles. The van der Waals surface area contributed by atoms with E-state index in [1.165, 1.54) is 0 Å². The summed E-state index contributed by atoms with van der Waals surface area (Å²) in [6.45, 7) is 0. The predicted octanol–water partition coefficient (Wildman–Crippen LogP) is 4.20. The van der Waals surface area contributed by atoms with E-state index in [0.717, 1.165) is 25.2 Å². The van der Waals surface area contributed by atoms with Gasteiger partial charge in [0.2, 0.25) is 0 Å². The molecule has 0 aliphatic carbocycles. The fraction of sp³-hybridized carbons (Fsp3) is 0.154. The first kappa shape index (κ1) is 13.3. The summed E-state index contributed by atoms with van der Waals surface area (Å²) >= 11 is 8.47. The van der Waals surface area contributed by atoms with Crippen LogP contribution in [0.15, 0.2) is 44.9 Å². The van der Waals surface area contributed by atoms with Gasteiger partial charge in [0.25, 0.3) is 0 Å². The highest BCUT2D eigenvalue weighted by atomic mass is 79.9. The zero-order valence-electron chi connectivity index (χ0n) is 9.75. The second kappa shape index (κ2) is 5.36. The molecule has 2 heterocycles. The minimum atomic E-state index is -0.563. The van der Waals surface area contributed by atoms with Gasteiger partial charge < -0.3 is 5.11 Å². The van der Waals surface area contributed by atoms with Crippen LogP contribution < -0.4 is 0 Å². The molecule has 3 nitrogen and oxygen atoms in total. The molecule has 1 atom stereocenters. The number of nitrogens with zero attached hydrogens (tertiary/aromatic N) is 2. The van der Waals surface area contributed by atoms with Crippen LogP contribution in [-0.2, 0) is 6.42 Å². The number of benzene rings is 1. The van der Waals surface area contributed by atoms with E-state index in [0.29, 0.717) is 6.42 Å². The van der Waals surface area contributed by atoms with Gasteiger partial charge in [-0.1, -0.05) is 37.9 Å². The van der Waals surface area contributed by atoms with Crippen LogP contribution in [0, 0.1) is 0 Å². The maximum Gasteiger partial charge on any atom is 0.193 e. The SMILES string of the molecule is OC(Cc1cn2ccsc2n1)c1ccc(Br)cc1Br. The molecule has 0 bridgehead atoms. The Hall–Kier alpha value is -0.690. The van der Waals surface area contributed by atoms with E-state index >= 15 is 0 Å². The van der Waals surface area contributed by atoms with Crippen molar-refractivity contribution in [3.05, 3.63) is 56.2 Å². The van der Waals surface area contributed by atoms with Gasteiger partial charge in [0, 0.05) is 33.1 Å². The summed E-state index contributed by atoms with van der Waals surface area (Å²) in [7, 11) is 0. The monoisotopic (exact) mass is 400 g/mol. The first-order chi connectivity index (χ1) is 9.13. The van der Waals surface area contributed by atoms with Gasteiger partial charge in [-0.25, -0.2) is 4.98 Å². The molecule has 19 heavy (non-hydrogen) atoms. The van der Waals surface area contributed by atoms with Gasteiger partial charge in [0.1, 0.15) is 0 Å². The summed E-state index contributed by atoms with van der Waals surface area (Å²) in [6.07, 6.45) is 3.88. The van der Waals surface area contributed by atoms with Gasteiger partial charge in [-0.2, -0.15) is 0 Å². The van der Waals surface area contributed by atoms with Crippen LogP contribution in [0.3, 0.4) is 0 Å². The minimum Gasteiger partial charge on any atom is -0.388 e. The summed E-state index contributed by atoms with van der Waals surface area (Å²) < 4.78 is 3.86. The van der Waals surface area contributed by atoms with Crippen molar-refractivity contribution < 1.29 is 5.11 Å². The molecule has 1 N–H and O–H groups in total. The number of hydrogen-bond acceptors (Lipinski definition) is 3. The fourth-order valence-corrected chi connectivity index (χ4v) is 3.98. The summed E-state index contributed by atoms with van der Waals surface area (Å²) in [5, 5.41) is 12.3. The number of fused-ring (bicyclic) bond motifs is 1. The third kappa shape index (κ3) is 2.76. The Labute approximate surface area is 131 Å². The molecule has 6 heteroatoms. The van der Waals surface area contributed by atoms with Crippen LogP contribution in [-0.4, -0.2) is 14.5 Å². The number of imidazole rings is 1. The van der Waals surface area contributed by atoms with Crippen molar-refractivity contribution in [3.63, 3.8) is 0 Å². The Morgan fingerprint density at radius 3 is 2.95 bits per heavy atom. The Balaban J connectivity index is 1.84. The second-order valence-electron chi connectivity index (χ2n) is 4.21. The molecule has 98 valence electrons. The molecule has 0 aliphatic rings. The lowest BCUT2D eigenvalue weighted by Crippen LogP contribution is -2.03. The molecule has 3 aromatic rings. The number of hydrogen-bond donors (Lipinski definition) is 1. The topological polar surface area (TPSA) is 37.5 Å². The van der Waals surface area contributed by atoms with Crippen LogP contribution in [0.1, 0.15) is 17.4 Å². The highest BCUT2D eigenvalue weighted by Crippen LogP contribution is 2.29. The molecule has 1 unspecified atom stereocenters. The van der Waals surface area contributed by atoms with Crippen LogP contribution in [0.5, 0.6) is 0 Å². The van der Waals surface area contributed by atoms with Crippen LogP contribution in [0.25, 0.3) is 4.96 Å². The van der Waals surface area contributed by atoms with E-state index in [4.69, 9.17) is 0 Å². The lowest BCUT2D eigenvalue weighted by Gasteiger charge is -2.11. The molecule has 0 amide bonds. The number of aliphatic hydroxyl groups excluding tert-OH is 1. The third-order valence-electron chi connectivity index (χ3n) is 2.87. The van der Waals surface area contributed by atoms with Crippen molar-refractivity contribution in [2.75, 3.05) is 0 Å². The lowest BCUT2D eigenvalue weighted by molar-refractivity contribution is 0.176. The van der Waals surface area contributed by atoms with Gasteiger partial charge >= 0.3 is 0 Å². The number of halogens is 2. The van der Waals surface area contributed by atoms with Crippen molar-refractivity contribution in [3.8, 4) is 0 Å². The van der Waals surface area contributed by atoms with Crippen LogP contribution in [0.2, 0.25) is 0 Å². The maximum atomic E-state index is 10.3. The van der Waals surface area contributed by atoms with E-state index in [2.05, 4.69) is 36.8 Å². The van der Waals surface area contributed by atoms with Crippen LogP contribution >= 0.6 is 43.2 Å². The van der Waals surface area contributed by atoms with Crippen molar-refractivity contribution in [2.45, 2.75) is 12.5 Å². The van der Waals surface area contributed by atoms with Gasteiger partial charge in [0.15, 0.2) is 4.96 Å². The average molecular weight is 402 g/mol. The molecular formula is C13H10Br2N2OS. The fourth-order valence-electron chi connectivity index (χ4n) is 1.95. The summed E-state index contributed by atoms with van der Waals surface area (Å²) in [6, 6.07) is 5.77. The number of rotatable bonds is 3. The first-order valence-electron chi connectivity index (χ1n) is 5.67. The standard InChI is InChI=1S/C13H10Br2N2OS/c14-8-1-2-10(11(15)5-8)12(18)6-9-7-17-3-4-19-13(17)16-9/h1-5,7,12,18H,6H2. The summed E-state index contributed by atoms with van der Waals surface area (Å²) in [4.78, 5) is 5.44. The zero-order valence-corrected chi connectivity index (χ0v) is 13.7. The molecule has 0 spiro atoms. The summed E-state index contributed by atoms with van der Waals surface area (Å²) in [5.41, 5.74) is 1.77. The van der Waals surface area contributed by atoms with Gasteiger partial charge in [-0.15, -0.1) is 11.3 Å². The highest BCUT2D eigenvalue weighted by molar-refractivity contribution is 9.11. The van der Waals surface area contributed by atoms with Crippen molar-refractivity contribution in [1.29, 1.82) is 0 Å². The Kier molecular flexibility index (Phi) is 3.75. The van der Waals surface area contributed by atoms with Crippen molar-refractivity contribution >= 4 is 48.2 Å². The Morgan fingerprint density at radius 2 is 2.21 bits per heavy atom. The smallest absolute Gasteiger partial charge is 0.193 e. The molecule has 0 saturated heterocycles. The molecule has 0 fully saturated rings. The predicted molar refractivity (Wildman–Crippen MR) is 83.6 cm³/mol. The largest absolute Gasteiger partial charge is 0.388 e. The molecule has 0 aliphatic heterocycles. The molecule has 2 aromatic heterocycles. The molecular weight excluding hydrogens is 392 g/mol. The van der Waals surface area contributed by atoms with Crippen molar-refractivity contribution in [1.82, 2.24) is 9.38 Å². The van der Waals surface area contributed by atoms with Gasteiger partial charge in [-0.05, 0) is 17.7 Å². The van der Waals surface area contributed by atoms with E-state index in [1.54, 1.807) is 11.3 Å². The molecule has 3 rings (SSSR count). The second-order valence-corrected chi connectivity index (χ2v) is 6.85. The van der Waals surface area contributed by atoms with E-state index in [-0.39, 0.29) is 0 Å². The van der Waals surface area contributed by atoms with Gasteiger partial charge in [-0.3, -0.25) is 4.40 Å². The quantitative estimate of drug-likeness (QED) is 0.714. The van der Waals surface area contributed by atoms with Crippen LogP contribution in [0.4, 0.5) is 0 Å². The first-order valence-corrected chi connectivity index (χ1v) is 8.14. The Morgan fingerprint density at radius 1 is 1.37 bits per heavy atom. The van der Waals surface area contributed by atoms with E-state index in [1.807, 2.05) is 40.4 Å². The van der Waals surface area contributed by atoms with Crippen molar-refractivity contribution in [2.24, 2.45) is 0 Å². The Bertz CT molecular complexity index is 694. The van der Waals surface area contributed by atoms with E-state index < -0.39 is 6.10 Å². The maximum absolute atomic E-state index is 10.3. The normalized spacial score (nSPS) is 13.0. The van der Waals surface area contributed by atoms with E-state index in [9.17, 15) is 5.11 Å². The molecule has 0 saturated carbocycles. The number of aromatic nitrogens is 2. The zero-order chi connectivity index (χ0) is 13.4. The number of aliphatic hydroxyl groups is 1. The highest BCUT2D eigenvalue weighted by Gasteiger charge is 2.14. The third-order valence-corrected chi connectivity index (χ3v) is 4.82.